The third-order valence-corrected chi connectivity index (χ3v) is 3.91. The molecule has 7 nitrogen and oxygen atoms in total. The van der Waals surface area contributed by atoms with Gasteiger partial charge in [-0.05, 0) is 42.8 Å². The minimum absolute atomic E-state index is 0.157. The number of hydrogen-bond acceptors (Lipinski definition) is 5. The van der Waals surface area contributed by atoms with E-state index < -0.39 is 5.82 Å². The van der Waals surface area contributed by atoms with Gasteiger partial charge >= 0.3 is 0 Å². The Bertz CT molecular complexity index is 970. The number of carbonyl (C=O) groups excluding carboxylic acids is 1. The van der Waals surface area contributed by atoms with E-state index in [1.165, 1.54) is 23.0 Å². The molecule has 1 aromatic carbocycles. The van der Waals surface area contributed by atoms with Crippen LogP contribution >= 0.6 is 0 Å². The van der Waals surface area contributed by atoms with Crippen molar-refractivity contribution in [3.8, 4) is 16.9 Å². The highest BCUT2D eigenvalue weighted by Gasteiger charge is 2.15. The van der Waals surface area contributed by atoms with E-state index in [-0.39, 0.29) is 17.5 Å². The molecule has 140 valence electrons. The second kappa shape index (κ2) is 7.86. The summed E-state index contributed by atoms with van der Waals surface area (Å²) >= 11 is 0. The molecule has 0 radical (unpaired) electrons. The Morgan fingerprint density at radius 2 is 2.07 bits per heavy atom. The lowest BCUT2D eigenvalue weighted by Crippen LogP contribution is -2.17. The number of halogens is 1. The SMILES string of the molecule is CCCOc1ccc(F)cc1-c1ccc(NC(=O)c2ccnn2C)nc1N. The summed E-state index contributed by atoms with van der Waals surface area (Å²) in [5.41, 5.74) is 7.50. The molecule has 3 aromatic rings. The van der Waals surface area contributed by atoms with Crippen LogP contribution in [-0.2, 0) is 7.05 Å². The van der Waals surface area contributed by atoms with E-state index in [1.807, 2.05) is 6.92 Å². The zero-order valence-electron chi connectivity index (χ0n) is 15.1. The Labute approximate surface area is 156 Å². The minimum Gasteiger partial charge on any atom is -0.493 e. The lowest BCUT2D eigenvalue weighted by atomic mass is 10.1. The Balaban J connectivity index is 1.88. The number of ether oxygens (including phenoxy) is 1. The smallest absolute Gasteiger partial charge is 0.275 e. The Morgan fingerprint density at radius 1 is 1.26 bits per heavy atom. The van der Waals surface area contributed by atoms with Crippen molar-refractivity contribution in [1.29, 1.82) is 0 Å². The van der Waals surface area contributed by atoms with Gasteiger partial charge in [-0.25, -0.2) is 9.37 Å². The van der Waals surface area contributed by atoms with Crippen LogP contribution in [0.3, 0.4) is 0 Å². The number of nitrogens with one attached hydrogen (secondary N) is 1. The van der Waals surface area contributed by atoms with Crippen LogP contribution < -0.4 is 15.8 Å². The second-order valence-corrected chi connectivity index (χ2v) is 5.91. The summed E-state index contributed by atoms with van der Waals surface area (Å²) in [5, 5.41) is 6.62. The molecule has 2 heterocycles. The molecule has 0 unspecified atom stereocenters. The number of carbonyl (C=O) groups is 1. The maximum atomic E-state index is 13.8. The number of nitrogens with zero attached hydrogens (tertiary/aromatic N) is 3. The number of aryl methyl sites for hydroxylation is 1. The predicted molar refractivity (Wildman–Crippen MR) is 101 cm³/mol. The van der Waals surface area contributed by atoms with Crippen molar-refractivity contribution in [1.82, 2.24) is 14.8 Å². The molecular formula is C19H20FN5O2. The maximum Gasteiger partial charge on any atom is 0.275 e. The third kappa shape index (κ3) is 4.05. The summed E-state index contributed by atoms with van der Waals surface area (Å²) in [6.45, 7) is 2.49. The third-order valence-electron chi connectivity index (χ3n) is 3.91. The van der Waals surface area contributed by atoms with E-state index >= 15 is 0 Å². The Hall–Kier alpha value is -3.42. The van der Waals surface area contributed by atoms with Crippen molar-refractivity contribution in [3.63, 3.8) is 0 Å². The van der Waals surface area contributed by atoms with Crippen LogP contribution in [0.15, 0.2) is 42.6 Å². The fourth-order valence-corrected chi connectivity index (χ4v) is 2.60. The monoisotopic (exact) mass is 369 g/mol. The summed E-state index contributed by atoms with van der Waals surface area (Å²) in [6, 6.07) is 9.13. The Morgan fingerprint density at radius 3 is 2.74 bits per heavy atom. The van der Waals surface area contributed by atoms with E-state index in [2.05, 4.69) is 15.4 Å². The van der Waals surface area contributed by atoms with Crippen molar-refractivity contribution in [3.05, 3.63) is 54.1 Å². The average Bonchev–Trinajstić information content (AvgIpc) is 3.07. The molecule has 0 saturated carbocycles. The number of anilines is 2. The summed E-state index contributed by atoms with van der Waals surface area (Å²) in [5.74, 6) is 0.215. The molecule has 2 aromatic heterocycles. The first-order valence-corrected chi connectivity index (χ1v) is 8.48. The zero-order chi connectivity index (χ0) is 19.4. The first-order chi connectivity index (χ1) is 13.0. The summed E-state index contributed by atoms with van der Waals surface area (Å²) in [7, 11) is 1.67. The highest BCUT2D eigenvalue weighted by Crippen LogP contribution is 2.34. The highest BCUT2D eigenvalue weighted by atomic mass is 19.1. The van der Waals surface area contributed by atoms with E-state index in [4.69, 9.17) is 10.5 Å². The van der Waals surface area contributed by atoms with Crippen LogP contribution in [0.5, 0.6) is 5.75 Å². The molecule has 0 aliphatic rings. The minimum atomic E-state index is -0.401. The average molecular weight is 369 g/mol. The largest absolute Gasteiger partial charge is 0.493 e. The van der Waals surface area contributed by atoms with Gasteiger partial charge in [0, 0.05) is 24.4 Å². The van der Waals surface area contributed by atoms with Crippen LogP contribution in [0.1, 0.15) is 23.8 Å². The molecule has 0 aliphatic heterocycles. The lowest BCUT2D eigenvalue weighted by molar-refractivity contribution is 0.101. The van der Waals surface area contributed by atoms with Gasteiger partial charge < -0.3 is 15.8 Å². The van der Waals surface area contributed by atoms with E-state index in [1.54, 1.807) is 31.3 Å². The van der Waals surface area contributed by atoms with Gasteiger partial charge in [-0.15, -0.1) is 0 Å². The standard InChI is InChI=1S/C19H20FN5O2/c1-3-10-27-16-6-4-12(20)11-14(16)13-5-7-17(23-18(13)21)24-19(26)15-8-9-22-25(15)2/h4-9,11H,3,10H2,1-2H3,(H3,21,23,24,26). The quantitative estimate of drug-likeness (QED) is 0.695. The molecule has 3 N–H and O–H groups in total. The van der Waals surface area contributed by atoms with Gasteiger partial charge in [0.05, 0.1) is 6.61 Å². The summed E-state index contributed by atoms with van der Waals surface area (Å²) < 4.78 is 20.9. The predicted octanol–water partition coefficient (Wildman–Crippen LogP) is 3.24. The van der Waals surface area contributed by atoms with Crippen LogP contribution in [0.25, 0.3) is 11.1 Å². The topological polar surface area (TPSA) is 95.1 Å². The molecule has 0 atom stereocenters. The number of hydrogen-bond donors (Lipinski definition) is 2. The molecule has 0 saturated heterocycles. The molecule has 3 rings (SSSR count). The number of nitrogen functional groups attached to an aromatic ring is 1. The molecule has 27 heavy (non-hydrogen) atoms. The first-order valence-electron chi connectivity index (χ1n) is 8.48. The number of aromatic nitrogens is 3. The van der Waals surface area contributed by atoms with Crippen molar-refractivity contribution >= 4 is 17.5 Å². The van der Waals surface area contributed by atoms with E-state index in [0.29, 0.717) is 29.2 Å². The number of rotatable bonds is 6. The fraction of sp³-hybridized carbons (Fsp3) is 0.211. The summed E-state index contributed by atoms with van der Waals surface area (Å²) in [4.78, 5) is 16.5. The van der Waals surface area contributed by atoms with Gasteiger partial charge in [0.15, 0.2) is 0 Å². The molecule has 0 spiro atoms. The number of pyridine rings is 1. The summed E-state index contributed by atoms with van der Waals surface area (Å²) in [6.07, 6.45) is 2.35. The fourth-order valence-electron chi connectivity index (χ4n) is 2.60. The van der Waals surface area contributed by atoms with Crippen molar-refractivity contribution < 1.29 is 13.9 Å². The van der Waals surface area contributed by atoms with Crippen LogP contribution in [0.2, 0.25) is 0 Å². The number of benzene rings is 1. The van der Waals surface area contributed by atoms with Gasteiger partial charge in [-0.1, -0.05) is 6.92 Å². The molecule has 1 amide bonds. The van der Waals surface area contributed by atoms with Gasteiger partial charge in [0.1, 0.15) is 28.9 Å². The maximum absolute atomic E-state index is 13.8. The van der Waals surface area contributed by atoms with Crippen LogP contribution in [0.4, 0.5) is 16.0 Å². The molecule has 8 heteroatoms. The Kier molecular flexibility index (Phi) is 5.35. The molecular weight excluding hydrogens is 349 g/mol. The van der Waals surface area contributed by atoms with Crippen molar-refractivity contribution in [2.75, 3.05) is 17.7 Å². The van der Waals surface area contributed by atoms with Gasteiger partial charge in [0.2, 0.25) is 0 Å². The van der Waals surface area contributed by atoms with Crippen LogP contribution in [0, 0.1) is 5.82 Å². The number of amides is 1. The van der Waals surface area contributed by atoms with Crippen molar-refractivity contribution in [2.45, 2.75) is 13.3 Å². The molecule has 0 aliphatic carbocycles. The normalized spacial score (nSPS) is 10.6. The molecule has 0 fully saturated rings. The second-order valence-electron chi connectivity index (χ2n) is 5.91. The first kappa shape index (κ1) is 18.4. The van der Waals surface area contributed by atoms with E-state index in [9.17, 15) is 9.18 Å². The van der Waals surface area contributed by atoms with Crippen molar-refractivity contribution in [2.24, 2.45) is 7.05 Å². The van der Waals surface area contributed by atoms with Gasteiger partial charge in [-0.3, -0.25) is 9.48 Å². The molecule has 0 bridgehead atoms. The van der Waals surface area contributed by atoms with Gasteiger partial charge in [-0.2, -0.15) is 5.10 Å². The highest BCUT2D eigenvalue weighted by molar-refractivity contribution is 6.02. The van der Waals surface area contributed by atoms with E-state index in [0.717, 1.165) is 6.42 Å². The lowest BCUT2D eigenvalue weighted by Gasteiger charge is -2.13. The zero-order valence-corrected chi connectivity index (χ0v) is 15.1. The number of nitrogens with two attached hydrogens (primary N) is 1. The van der Waals surface area contributed by atoms with Crippen LogP contribution in [-0.4, -0.2) is 27.3 Å². The van der Waals surface area contributed by atoms with Gasteiger partial charge in [0.25, 0.3) is 5.91 Å².